The van der Waals surface area contributed by atoms with Gasteiger partial charge in [-0.2, -0.15) is 5.26 Å². The second-order valence-corrected chi connectivity index (χ2v) is 5.18. The Morgan fingerprint density at radius 1 is 1.65 bits per heavy atom. The molecule has 0 aromatic heterocycles. The number of phenolic OH excluding ortho intramolecular Hbond substituents is 1. The molecule has 20 heavy (non-hydrogen) atoms. The van der Waals surface area contributed by atoms with Gasteiger partial charge in [0.1, 0.15) is 5.75 Å². The van der Waals surface area contributed by atoms with Gasteiger partial charge in [-0.25, -0.2) is 0 Å². The average molecular weight is 295 g/mol. The molecule has 0 aliphatic carbocycles. The number of phenols is 1. The van der Waals surface area contributed by atoms with Crippen LogP contribution in [0.2, 0.25) is 5.02 Å². The first kappa shape index (κ1) is 14.8. The van der Waals surface area contributed by atoms with Crippen LogP contribution in [0.1, 0.15) is 22.8 Å². The molecule has 0 saturated carbocycles. The number of ether oxygens (including phenoxy) is 1. The molecule has 1 aliphatic rings. The van der Waals surface area contributed by atoms with E-state index in [1.807, 2.05) is 4.90 Å². The molecular formula is C14H15ClN2O3. The number of hydrogen-bond acceptors (Lipinski definition) is 5. The molecule has 0 radical (unpaired) electrons. The fourth-order valence-electron chi connectivity index (χ4n) is 2.21. The number of carbonyl (C=O) groups excluding carboxylic acids is 1. The van der Waals surface area contributed by atoms with Crippen LogP contribution in [0, 0.1) is 11.3 Å². The lowest BCUT2D eigenvalue weighted by Crippen LogP contribution is -2.41. The van der Waals surface area contributed by atoms with E-state index >= 15 is 0 Å². The van der Waals surface area contributed by atoms with Crippen molar-refractivity contribution >= 4 is 17.4 Å². The van der Waals surface area contributed by atoms with Crippen LogP contribution in [0.3, 0.4) is 0 Å². The van der Waals surface area contributed by atoms with E-state index in [2.05, 4.69) is 6.07 Å². The number of nitriles is 1. The third kappa shape index (κ3) is 3.28. The summed E-state index contributed by atoms with van der Waals surface area (Å²) in [5.74, 6) is -0.273. The lowest BCUT2D eigenvalue weighted by Gasteiger charge is -2.30. The Morgan fingerprint density at radius 3 is 3.05 bits per heavy atom. The van der Waals surface area contributed by atoms with Crippen molar-refractivity contribution in [2.75, 3.05) is 19.7 Å². The molecule has 1 heterocycles. The molecule has 1 saturated heterocycles. The minimum absolute atomic E-state index is 0.0399. The van der Waals surface area contributed by atoms with Gasteiger partial charge in [-0.3, -0.25) is 9.69 Å². The second kappa shape index (κ2) is 6.23. The fourth-order valence-corrected chi connectivity index (χ4v) is 2.45. The first-order valence-corrected chi connectivity index (χ1v) is 6.65. The normalized spacial score (nSPS) is 19.6. The van der Waals surface area contributed by atoms with Crippen molar-refractivity contribution in [2.24, 2.45) is 0 Å². The predicted molar refractivity (Wildman–Crippen MR) is 73.8 cm³/mol. The molecule has 0 amide bonds. The summed E-state index contributed by atoms with van der Waals surface area (Å²) in [5.41, 5.74) is 0.805. The van der Waals surface area contributed by atoms with Gasteiger partial charge >= 0.3 is 0 Å². The van der Waals surface area contributed by atoms with Gasteiger partial charge in [-0.15, -0.1) is 0 Å². The summed E-state index contributed by atoms with van der Waals surface area (Å²) in [4.78, 5) is 13.5. The highest BCUT2D eigenvalue weighted by atomic mass is 35.5. The summed E-state index contributed by atoms with van der Waals surface area (Å²) in [7, 11) is 0. The van der Waals surface area contributed by atoms with Gasteiger partial charge in [0.2, 0.25) is 0 Å². The standard InChI is InChI=1S/C14H15ClN2O3/c1-9(18)13-5-11(15)4-10(14(13)19)7-17-2-3-20-12(6-16)8-17/h4-5,12,19H,2-3,7-8H2,1H3. The molecule has 0 spiro atoms. The Bertz CT molecular complexity index is 568. The molecule has 106 valence electrons. The molecule has 2 rings (SSSR count). The van der Waals surface area contributed by atoms with Crippen LogP contribution in [0.4, 0.5) is 0 Å². The van der Waals surface area contributed by atoms with Gasteiger partial charge in [-0.05, 0) is 19.1 Å². The van der Waals surface area contributed by atoms with Gasteiger partial charge in [0.25, 0.3) is 0 Å². The zero-order valence-electron chi connectivity index (χ0n) is 11.1. The highest BCUT2D eigenvalue weighted by Gasteiger charge is 2.22. The van der Waals surface area contributed by atoms with Crippen molar-refractivity contribution in [3.05, 3.63) is 28.3 Å². The molecule has 5 nitrogen and oxygen atoms in total. The first-order chi connectivity index (χ1) is 9.51. The number of benzene rings is 1. The number of carbonyl (C=O) groups is 1. The largest absolute Gasteiger partial charge is 0.507 e. The molecule has 1 aromatic carbocycles. The molecule has 1 aliphatic heterocycles. The Balaban J connectivity index is 2.21. The van der Waals surface area contributed by atoms with Crippen LogP contribution in [-0.4, -0.2) is 41.6 Å². The minimum atomic E-state index is -0.461. The molecule has 1 atom stereocenters. The first-order valence-electron chi connectivity index (χ1n) is 6.27. The molecule has 1 unspecified atom stereocenters. The number of Topliss-reactive ketones (excluding diaryl/α,β-unsaturated/α-hetero) is 1. The highest BCUT2D eigenvalue weighted by molar-refractivity contribution is 6.31. The van der Waals surface area contributed by atoms with Crippen LogP contribution in [0.15, 0.2) is 12.1 Å². The van der Waals surface area contributed by atoms with Crippen molar-refractivity contribution in [3.63, 3.8) is 0 Å². The topological polar surface area (TPSA) is 73.6 Å². The van der Waals surface area contributed by atoms with Crippen LogP contribution in [-0.2, 0) is 11.3 Å². The quantitative estimate of drug-likeness (QED) is 0.863. The summed E-state index contributed by atoms with van der Waals surface area (Å²) in [6.45, 7) is 3.42. The summed E-state index contributed by atoms with van der Waals surface area (Å²) in [6.07, 6.45) is -0.461. The molecule has 1 fully saturated rings. The molecule has 0 bridgehead atoms. The highest BCUT2D eigenvalue weighted by Crippen LogP contribution is 2.29. The van der Waals surface area contributed by atoms with Crippen LogP contribution >= 0.6 is 11.6 Å². The van der Waals surface area contributed by atoms with E-state index in [-0.39, 0.29) is 17.1 Å². The Morgan fingerprint density at radius 2 is 2.40 bits per heavy atom. The van der Waals surface area contributed by atoms with Crippen molar-refractivity contribution in [1.29, 1.82) is 5.26 Å². The van der Waals surface area contributed by atoms with Crippen LogP contribution in [0.5, 0.6) is 5.75 Å². The maximum atomic E-state index is 11.5. The SMILES string of the molecule is CC(=O)c1cc(Cl)cc(CN2CCOC(C#N)C2)c1O. The van der Waals surface area contributed by atoms with Gasteiger partial charge in [0.05, 0.1) is 18.2 Å². The van der Waals surface area contributed by atoms with E-state index in [0.29, 0.717) is 36.8 Å². The average Bonchev–Trinajstić information content (AvgIpc) is 2.42. The Kier molecular flexibility index (Phi) is 4.61. The lowest BCUT2D eigenvalue weighted by molar-refractivity contribution is -0.00292. The maximum Gasteiger partial charge on any atom is 0.163 e. The zero-order chi connectivity index (χ0) is 14.7. The lowest BCUT2D eigenvalue weighted by atomic mass is 10.0. The van der Waals surface area contributed by atoms with Crippen LogP contribution in [0.25, 0.3) is 0 Å². The van der Waals surface area contributed by atoms with E-state index in [4.69, 9.17) is 21.6 Å². The van der Waals surface area contributed by atoms with E-state index in [1.165, 1.54) is 13.0 Å². The van der Waals surface area contributed by atoms with E-state index in [0.717, 1.165) is 0 Å². The number of ketones is 1. The van der Waals surface area contributed by atoms with Crippen molar-refractivity contribution in [2.45, 2.75) is 19.6 Å². The third-order valence-electron chi connectivity index (χ3n) is 3.22. The van der Waals surface area contributed by atoms with Gasteiger partial charge in [0.15, 0.2) is 11.9 Å². The van der Waals surface area contributed by atoms with E-state index < -0.39 is 6.10 Å². The maximum absolute atomic E-state index is 11.5. The molecule has 1 N–H and O–H groups in total. The second-order valence-electron chi connectivity index (χ2n) is 4.74. The third-order valence-corrected chi connectivity index (χ3v) is 3.44. The fraction of sp³-hybridized carbons (Fsp3) is 0.429. The number of morpholine rings is 1. The summed E-state index contributed by atoms with van der Waals surface area (Å²) in [6, 6.07) is 5.17. The number of rotatable bonds is 3. The van der Waals surface area contributed by atoms with Crippen LogP contribution < -0.4 is 0 Å². The number of nitrogens with zero attached hydrogens (tertiary/aromatic N) is 2. The summed E-state index contributed by atoms with van der Waals surface area (Å²) < 4.78 is 5.27. The van der Waals surface area contributed by atoms with Gasteiger partial charge in [-0.1, -0.05) is 11.6 Å². The smallest absolute Gasteiger partial charge is 0.163 e. The monoisotopic (exact) mass is 294 g/mol. The van der Waals surface area contributed by atoms with Gasteiger partial charge < -0.3 is 9.84 Å². The summed E-state index contributed by atoms with van der Waals surface area (Å²) in [5, 5.41) is 19.4. The van der Waals surface area contributed by atoms with Crippen molar-refractivity contribution < 1.29 is 14.6 Å². The van der Waals surface area contributed by atoms with Crippen molar-refractivity contribution in [3.8, 4) is 11.8 Å². The predicted octanol–water partition coefficient (Wildman–Crippen LogP) is 1.97. The van der Waals surface area contributed by atoms with Gasteiger partial charge in [0, 0.05) is 30.2 Å². The summed E-state index contributed by atoms with van der Waals surface area (Å²) >= 11 is 5.98. The molecular weight excluding hydrogens is 280 g/mol. The van der Waals surface area contributed by atoms with E-state index in [1.54, 1.807) is 6.07 Å². The number of halogens is 1. The van der Waals surface area contributed by atoms with Crippen molar-refractivity contribution in [1.82, 2.24) is 4.90 Å². The molecule has 6 heteroatoms. The Hall–Kier alpha value is -1.61. The number of aromatic hydroxyl groups is 1. The Labute approximate surface area is 122 Å². The van der Waals surface area contributed by atoms with E-state index in [9.17, 15) is 9.90 Å². The molecule has 1 aromatic rings. The number of hydrogen-bond donors (Lipinski definition) is 1. The minimum Gasteiger partial charge on any atom is -0.507 e. The zero-order valence-corrected chi connectivity index (χ0v) is 11.9.